The van der Waals surface area contributed by atoms with Gasteiger partial charge in [0.25, 0.3) is 0 Å². The fourth-order valence-electron chi connectivity index (χ4n) is 2.30. The molecular formula is C12H15NO6. The normalized spacial score (nSPS) is 27.3. The van der Waals surface area contributed by atoms with E-state index in [1.54, 1.807) is 0 Å². The number of ether oxygens (including phenoxy) is 2. The number of fused-ring (bicyclic) bond motifs is 1. The molecule has 2 fully saturated rings. The minimum atomic E-state index is -1.14. The van der Waals surface area contributed by atoms with Gasteiger partial charge in [0.1, 0.15) is 5.76 Å². The highest BCUT2D eigenvalue weighted by atomic mass is 16.6. The Morgan fingerprint density at radius 2 is 2.21 bits per heavy atom. The van der Waals surface area contributed by atoms with Crippen molar-refractivity contribution in [2.45, 2.75) is 38.5 Å². The van der Waals surface area contributed by atoms with Gasteiger partial charge in [-0.2, -0.15) is 0 Å². The molecule has 104 valence electrons. The van der Waals surface area contributed by atoms with Crippen molar-refractivity contribution in [1.82, 2.24) is 4.90 Å². The van der Waals surface area contributed by atoms with E-state index in [1.807, 2.05) is 6.92 Å². The van der Waals surface area contributed by atoms with Crippen LogP contribution < -0.4 is 0 Å². The van der Waals surface area contributed by atoms with Gasteiger partial charge in [-0.3, -0.25) is 9.69 Å². The number of β-lactam (4-membered cyclic amide) rings is 1. The molecule has 0 spiro atoms. The summed E-state index contributed by atoms with van der Waals surface area (Å²) in [6.45, 7) is 1.83. The van der Waals surface area contributed by atoms with E-state index in [9.17, 15) is 19.5 Å². The van der Waals surface area contributed by atoms with Crippen molar-refractivity contribution in [2.24, 2.45) is 0 Å². The number of esters is 1. The molecule has 7 heteroatoms. The quantitative estimate of drug-likeness (QED) is 0.447. The zero-order chi connectivity index (χ0) is 14.2. The number of aliphatic carboxylic acids is 1. The Balaban J connectivity index is 2.42. The third kappa shape index (κ3) is 2.05. The standard InChI is InChI=1S/C12H15NO6/c1-3-4-6(11(15)16)10-9(12(17)18-2)13-7(14)5-8(13)19-10/h8-9H,3-5H2,1-2H3,(H,15,16)/b10-6+/t8-,9?/m1/s1. The van der Waals surface area contributed by atoms with Gasteiger partial charge in [0, 0.05) is 0 Å². The van der Waals surface area contributed by atoms with Crippen LogP contribution in [0.1, 0.15) is 26.2 Å². The average Bonchev–Trinajstić information content (AvgIpc) is 2.67. The predicted octanol–water partition coefficient (Wildman–Crippen LogP) is 0.255. The summed E-state index contributed by atoms with van der Waals surface area (Å²) in [6, 6.07) is -1.06. The molecule has 2 heterocycles. The highest BCUT2D eigenvalue weighted by Gasteiger charge is 2.55. The van der Waals surface area contributed by atoms with Crippen LogP contribution in [0.5, 0.6) is 0 Å². The van der Waals surface area contributed by atoms with Crippen molar-refractivity contribution in [3.05, 3.63) is 11.3 Å². The number of carbonyl (C=O) groups excluding carboxylic acids is 2. The Labute approximate surface area is 109 Å². The lowest BCUT2D eigenvalue weighted by Gasteiger charge is -2.33. The van der Waals surface area contributed by atoms with Gasteiger partial charge in [0.05, 0.1) is 19.1 Å². The van der Waals surface area contributed by atoms with Crippen LogP contribution >= 0.6 is 0 Å². The molecule has 0 bridgehead atoms. The molecule has 1 unspecified atom stereocenters. The van der Waals surface area contributed by atoms with Crippen molar-refractivity contribution < 1.29 is 29.0 Å². The van der Waals surface area contributed by atoms with E-state index in [4.69, 9.17) is 4.74 Å². The van der Waals surface area contributed by atoms with Crippen molar-refractivity contribution in [1.29, 1.82) is 0 Å². The molecule has 0 radical (unpaired) electrons. The average molecular weight is 269 g/mol. The summed E-state index contributed by atoms with van der Waals surface area (Å²) in [5.74, 6) is -2.02. The molecule has 0 aromatic carbocycles. The van der Waals surface area contributed by atoms with Crippen molar-refractivity contribution in [3.63, 3.8) is 0 Å². The molecule has 2 atom stereocenters. The Morgan fingerprint density at radius 3 is 2.68 bits per heavy atom. The van der Waals surface area contributed by atoms with E-state index in [2.05, 4.69) is 4.74 Å². The molecule has 1 N–H and O–H groups in total. The van der Waals surface area contributed by atoms with Gasteiger partial charge in [0.2, 0.25) is 5.91 Å². The third-order valence-electron chi connectivity index (χ3n) is 3.22. The van der Waals surface area contributed by atoms with Crippen LogP contribution in [0.2, 0.25) is 0 Å². The molecule has 1 amide bonds. The predicted molar refractivity (Wildman–Crippen MR) is 61.7 cm³/mol. The maximum atomic E-state index is 11.8. The molecule has 2 saturated heterocycles. The topological polar surface area (TPSA) is 93.1 Å². The molecular weight excluding hydrogens is 254 g/mol. The first-order chi connectivity index (χ1) is 9.01. The second-order valence-electron chi connectivity index (χ2n) is 4.40. The van der Waals surface area contributed by atoms with Crippen molar-refractivity contribution >= 4 is 17.8 Å². The molecule has 0 aromatic heterocycles. The Morgan fingerprint density at radius 1 is 1.53 bits per heavy atom. The van der Waals surface area contributed by atoms with Gasteiger partial charge in [-0.05, 0) is 6.42 Å². The first kappa shape index (κ1) is 13.4. The van der Waals surface area contributed by atoms with Gasteiger partial charge in [0.15, 0.2) is 12.3 Å². The van der Waals surface area contributed by atoms with Gasteiger partial charge in [-0.15, -0.1) is 0 Å². The van der Waals surface area contributed by atoms with Crippen LogP contribution in [0.4, 0.5) is 0 Å². The molecule has 0 aliphatic carbocycles. The van der Waals surface area contributed by atoms with E-state index >= 15 is 0 Å². The molecule has 19 heavy (non-hydrogen) atoms. The summed E-state index contributed by atoms with van der Waals surface area (Å²) < 4.78 is 10.1. The Hall–Kier alpha value is -2.05. The molecule has 2 aliphatic rings. The summed E-state index contributed by atoms with van der Waals surface area (Å²) >= 11 is 0. The lowest BCUT2D eigenvalue weighted by atomic mass is 10.0. The zero-order valence-corrected chi connectivity index (χ0v) is 10.7. The number of carboxylic acid groups (broad SMARTS) is 1. The fraction of sp³-hybridized carbons (Fsp3) is 0.583. The molecule has 0 saturated carbocycles. The monoisotopic (exact) mass is 269 g/mol. The smallest absolute Gasteiger partial charge is 0.336 e. The second kappa shape index (κ2) is 4.91. The van der Waals surface area contributed by atoms with E-state index in [-0.39, 0.29) is 30.1 Å². The number of amides is 1. The first-order valence-electron chi connectivity index (χ1n) is 6.03. The lowest BCUT2D eigenvalue weighted by Crippen LogP contribution is -2.55. The van der Waals surface area contributed by atoms with Crippen LogP contribution in [0.3, 0.4) is 0 Å². The third-order valence-corrected chi connectivity index (χ3v) is 3.22. The number of carbonyl (C=O) groups is 3. The minimum Gasteiger partial charge on any atom is -0.478 e. The number of nitrogens with zero attached hydrogens (tertiary/aromatic N) is 1. The number of carboxylic acids is 1. The highest BCUT2D eigenvalue weighted by Crippen LogP contribution is 2.38. The van der Waals surface area contributed by atoms with Gasteiger partial charge >= 0.3 is 11.9 Å². The fourth-order valence-corrected chi connectivity index (χ4v) is 2.30. The summed E-state index contributed by atoms with van der Waals surface area (Å²) in [7, 11) is 1.19. The van der Waals surface area contributed by atoms with E-state index in [0.29, 0.717) is 6.42 Å². The minimum absolute atomic E-state index is 0.0279. The van der Waals surface area contributed by atoms with E-state index in [0.717, 1.165) is 0 Å². The maximum Gasteiger partial charge on any atom is 0.336 e. The number of hydrogen-bond donors (Lipinski definition) is 1. The van der Waals surface area contributed by atoms with Crippen LogP contribution in [0.25, 0.3) is 0 Å². The van der Waals surface area contributed by atoms with E-state index < -0.39 is 24.2 Å². The summed E-state index contributed by atoms with van der Waals surface area (Å²) in [5.41, 5.74) is 0.0279. The lowest BCUT2D eigenvalue weighted by molar-refractivity contribution is -0.164. The van der Waals surface area contributed by atoms with Gasteiger partial charge < -0.3 is 14.6 Å². The SMILES string of the molecule is CCC/C(C(=O)O)=C1\O[C@@H]2CC(=O)N2C1C(=O)OC. The largest absolute Gasteiger partial charge is 0.478 e. The summed E-state index contributed by atoms with van der Waals surface area (Å²) in [6.07, 6.45) is 0.488. The number of methoxy groups -OCH3 is 1. The first-order valence-corrected chi connectivity index (χ1v) is 6.03. The number of hydrogen-bond acceptors (Lipinski definition) is 5. The molecule has 2 aliphatic heterocycles. The second-order valence-corrected chi connectivity index (χ2v) is 4.40. The van der Waals surface area contributed by atoms with Crippen molar-refractivity contribution in [3.8, 4) is 0 Å². The van der Waals surface area contributed by atoms with Crippen LogP contribution in [-0.2, 0) is 23.9 Å². The summed E-state index contributed by atoms with van der Waals surface area (Å²) in [4.78, 5) is 35.8. The molecule has 7 nitrogen and oxygen atoms in total. The molecule has 2 rings (SSSR count). The van der Waals surface area contributed by atoms with Crippen LogP contribution in [0, 0.1) is 0 Å². The number of rotatable bonds is 4. The van der Waals surface area contributed by atoms with E-state index in [1.165, 1.54) is 12.0 Å². The van der Waals surface area contributed by atoms with Gasteiger partial charge in [-0.1, -0.05) is 13.3 Å². The van der Waals surface area contributed by atoms with Gasteiger partial charge in [-0.25, -0.2) is 9.59 Å². The van der Waals surface area contributed by atoms with Crippen molar-refractivity contribution in [2.75, 3.05) is 7.11 Å². The van der Waals surface area contributed by atoms with Crippen LogP contribution in [0.15, 0.2) is 11.3 Å². The van der Waals surface area contributed by atoms with Crippen LogP contribution in [-0.4, -0.2) is 47.2 Å². The maximum absolute atomic E-state index is 11.8. The zero-order valence-electron chi connectivity index (χ0n) is 10.7. The highest BCUT2D eigenvalue weighted by molar-refractivity contribution is 5.95. The Bertz CT molecular complexity index is 469. The summed E-state index contributed by atoms with van der Waals surface area (Å²) in [5, 5.41) is 9.20. The Kier molecular flexibility index (Phi) is 3.46. The molecule has 0 aromatic rings.